The smallest absolute Gasteiger partial charge is 0.353 e. The highest BCUT2D eigenvalue weighted by Crippen LogP contribution is 2.52. The highest BCUT2D eigenvalue weighted by Gasteiger charge is 2.60. The van der Waals surface area contributed by atoms with Gasteiger partial charge in [-0.05, 0) is 25.0 Å². The normalized spacial score (nSPS) is 32.0. The summed E-state index contributed by atoms with van der Waals surface area (Å²) < 4.78 is 27.7. The summed E-state index contributed by atoms with van der Waals surface area (Å²) in [5.41, 5.74) is 5.88. The highest BCUT2D eigenvalue weighted by molar-refractivity contribution is 8.03. The number of carbonyl (C=O) groups excluding carboxylic acids is 2. The van der Waals surface area contributed by atoms with Gasteiger partial charge in [0.1, 0.15) is 5.70 Å². The van der Waals surface area contributed by atoms with Crippen molar-refractivity contribution in [2.24, 2.45) is 17.6 Å². The van der Waals surface area contributed by atoms with Crippen molar-refractivity contribution in [1.29, 1.82) is 0 Å². The van der Waals surface area contributed by atoms with Crippen molar-refractivity contribution >= 4 is 39.6 Å². The number of fused-ring (bicyclic) bond motifs is 1. The molecule has 38 heavy (non-hydrogen) atoms. The van der Waals surface area contributed by atoms with Crippen LogP contribution in [0.25, 0.3) is 0 Å². The molecule has 0 aliphatic carbocycles. The second-order valence-corrected chi connectivity index (χ2v) is 13.3. The Kier molecular flexibility index (Phi) is 7.23. The van der Waals surface area contributed by atoms with Crippen LogP contribution in [0.4, 0.5) is 0 Å². The van der Waals surface area contributed by atoms with Gasteiger partial charge in [0.2, 0.25) is 21.8 Å². The van der Waals surface area contributed by atoms with E-state index in [0.29, 0.717) is 31.0 Å². The molecular weight excluding hydrogens is 538 g/mol. The van der Waals surface area contributed by atoms with Gasteiger partial charge in [-0.25, -0.2) is 17.9 Å². The van der Waals surface area contributed by atoms with Crippen LogP contribution in [0.2, 0.25) is 0 Å². The van der Waals surface area contributed by atoms with Crippen molar-refractivity contribution in [1.82, 2.24) is 40.0 Å². The average Bonchev–Trinajstić information content (AvgIpc) is 3.62. The first-order chi connectivity index (χ1) is 18.0. The molecule has 7 atom stereocenters. The molecule has 15 nitrogen and oxygen atoms in total. The highest BCUT2D eigenvalue weighted by atomic mass is 32.2. The lowest BCUT2D eigenvalue weighted by molar-refractivity contribution is -0.157. The van der Waals surface area contributed by atoms with Crippen LogP contribution < -0.4 is 15.8 Å². The molecule has 0 radical (unpaired) electrons. The number of carboxylic acids is 1. The predicted molar refractivity (Wildman–Crippen MR) is 134 cm³/mol. The van der Waals surface area contributed by atoms with E-state index in [1.807, 2.05) is 6.92 Å². The van der Waals surface area contributed by atoms with Crippen LogP contribution in [0, 0.1) is 11.8 Å². The number of nitrogens with zero attached hydrogens (tertiary/aromatic N) is 6. The Bertz CT molecular complexity index is 1260. The number of aromatic nitrogens is 4. The number of tetrazole rings is 1. The number of thioether (sulfide) groups is 1. The number of amides is 2. The van der Waals surface area contributed by atoms with Crippen LogP contribution in [0.5, 0.6) is 0 Å². The number of carbonyl (C=O) groups is 3. The number of nitrogens with one attached hydrogen (secondary N) is 2. The van der Waals surface area contributed by atoms with Crippen LogP contribution in [-0.4, -0.2) is 110 Å². The third-order valence-corrected chi connectivity index (χ3v) is 10.4. The molecule has 0 spiro atoms. The van der Waals surface area contributed by atoms with Gasteiger partial charge in [-0.2, -0.15) is 0 Å². The minimum absolute atomic E-state index is 0.00532. The van der Waals surface area contributed by atoms with E-state index in [4.69, 9.17) is 5.73 Å². The van der Waals surface area contributed by atoms with Gasteiger partial charge in [0.25, 0.3) is 0 Å². The monoisotopic (exact) mass is 569 g/mol. The number of nitrogens with two attached hydrogens (primary N) is 1. The Morgan fingerprint density at radius 2 is 2.16 bits per heavy atom. The molecule has 0 bridgehead atoms. The lowest BCUT2D eigenvalue weighted by atomic mass is 9.78. The molecule has 1 unspecified atom stereocenters. The lowest BCUT2D eigenvalue weighted by Gasteiger charge is -2.47. The molecule has 17 heteroatoms. The van der Waals surface area contributed by atoms with Crippen LogP contribution in [-0.2, 0) is 30.3 Å². The number of hydrogen-bond donors (Lipinski definition) is 4. The molecule has 1 aromatic rings. The van der Waals surface area contributed by atoms with Gasteiger partial charge in [-0.15, -0.1) is 26.8 Å². The number of likely N-dealkylation sites (tertiary alicyclic amines) is 1. The minimum Gasteiger partial charge on any atom is -0.477 e. The number of sulfonamides is 1. The first-order valence-electron chi connectivity index (χ1n) is 12.4. The number of rotatable bonds is 9. The van der Waals surface area contributed by atoms with Crippen molar-refractivity contribution in [2.45, 2.75) is 62.0 Å². The standard InChI is InChI=1S/C21H31N9O6S2/c1-10-16-15(11(2)26-38(35,36)9-29-25-8-24-27-29)20(32)30(16)17(21(33)34)18(10)37-13-5-14(23-6-13)19(31)28-4-3-12(22)7-28/h8,10-16,23,26H,3-7,9,22H2,1-2H3,(H,33,34)/t10-,11?,12-,13+,14+,15-,16-/m1/s1. The number of aliphatic carboxylic acids is 1. The van der Waals surface area contributed by atoms with Gasteiger partial charge >= 0.3 is 5.97 Å². The molecule has 5 rings (SSSR count). The third-order valence-electron chi connectivity index (χ3n) is 7.59. The van der Waals surface area contributed by atoms with E-state index in [1.54, 1.807) is 11.8 Å². The van der Waals surface area contributed by atoms with E-state index >= 15 is 0 Å². The summed E-state index contributed by atoms with van der Waals surface area (Å²) in [6.45, 7) is 5.15. The summed E-state index contributed by atoms with van der Waals surface area (Å²) in [7, 11) is -3.89. The zero-order valence-electron chi connectivity index (χ0n) is 20.9. The number of hydrogen-bond acceptors (Lipinski definition) is 11. The minimum atomic E-state index is -3.89. The Hall–Kier alpha value is -2.60. The van der Waals surface area contributed by atoms with Crippen LogP contribution in [0.1, 0.15) is 26.7 Å². The molecule has 2 amide bonds. The van der Waals surface area contributed by atoms with Gasteiger partial charge in [-0.1, -0.05) is 6.92 Å². The Morgan fingerprint density at radius 1 is 1.39 bits per heavy atom. The summed E-state index contributed by atoms with van der Waals surface area (Å²) in [6, 6.07) is -1.63. The summed E-state index contributed by atoms with van der Waals surface area (Å²) in [4.78, 5) is 42.8. The van der Waals surface area contributed by atoms with E-state index in [0.717, 1.165) is 17.5 Å². The molecular formula is C21H31N9O6S2. The maximum Gasteiger partial charge on any atom is 0.353 e. The van der Waals surface area contributed by atoms with Crippen molar-refractivity contribution in [2.75, 3.05) is 19.6 Å². The summed E-state index contributed by atoms with van der Waals surface area (Å²) in [6.07, 6.45) is 2.43. The summed E-state index contributed by atoms with van der Waals surface area (Å²) in [5, 5.41) is 23.9. The SMILES string of the molecule is CC(NS(=O)(=O)Cn1ncnn1)[C@H]1C(=O)N2C(C(=O)O)=C(S[C@@H]3CN[C@H](C(=O)N4CC[C@@H](N)C4)C3)[C@H](C)[C@H]12. The summed E-state index contributed by atoms with van der Waals surface area (Å²) in [5.74, 6) is -3.24. The maximum atomic E-state index is 13.1. The molecule has 208 valence electrons. The molecule has 0 aromatic carbocycles. The molecule has 5 N–H and O–H groups in total. The van der Waals surface area contributed by atoms with E-state index < -0.39 is 45.8 Å². The van der Waals surface area contributed by atoms with Gasteiger partial charge in [0.15, 0.2) is 12.2 Å². The van der Waals surface area contributed by atoms with E-state index in [1.165, 1.54) is 16.7 Å². The first kappa shape index (κ1) is 27.0. The molecule has 3 saturated heterocycles. The predicted octanol–water partition coefficient (Wildman–Crippen LogP) is -2.27. The first-order valence-corrected chi connectivity index (χ1v) is 15.0. The Morgan fingerprint density at radius 3 is 2.79 bits per heavy atom. The maximum absolute atomic E-state index is 13.1. The fourth-order valence-corrected chi connectivity index (χ4v) is 8.55. The number of carboxylic acid groups (broad SMARTS) is 1. The second kappa shape index (κ2) is 10.2. The lowest BCUT2D eigenvalue weighted by Crippen LogP contribution is -2.66. The zero-order chi connectivity index (χ0) is 27.4. The van der Waals surface area contributed by atoms with Crippen LogP contribution in [0.3, 0.4) is 0 Å². The zero-order valence-corrected chi connectivity index (χ0v) is 22.6. The Labute approximate surface area is 223 Å². The fraction of sp³-hybridized carbons (Fsp3) is 0.714. The fourth-order valence-electron chi connectivity index (χ4n) is 5.86. The topological polar surface area (TPSA) is 206 Å². The van der Waals surface area contributed by atoms with Crippen molar-refractivity contribution in [3.05, 3.63) is 16.9 Å². The van der Waals surface area contributed by atoms with E-state index in [9.17, 15) is 27.9 Å². The van der Waals surface area contributed by atoms with Crippen molar-refractivity contribution in [3.8, 4) is 0 Å². The molecule has 1 aromatic heterocycles. The van der Waals surface area contributed by atoms with Crippen molar-refractivity contribution in [3.63, 3.8) is 0 Å². The Balaban J connectivity index is 1.25. The van der Waals surface area contributed by atoms with Gasteiger partial charge in [0.05, 0.1) is 18.0 Å². The largest absolute Gasteiger partial charge is 0.477 e. The molecule has 3 fully saturated rings. The van der Waals surface area contributed by atoms with Gasteiger partial charge in [0, 0.05) is 47.8 Å². The molecule has 4 aliphatic rings. The third kappa shape index (κ3) is 4.92. The van der Waals surface area contributed by atoms with E-state index in [2.05, 4.69) is 25.4 Å². The van der Waals surface area contributed by atoms with E-state index in [-0.39, 0.29) is 34.9 Å². The average molecular weight is 570 g/mol. The number of β-lactam (4-membered cyclic amide) rings is 1. The van der Waals surface area contributed by atoms with Crippen LogP contribution >= 0.6 is 11.8 Å². The molecule has 4 aliphatic heterocycles. The van der Waals surface area contributed by atoms with Crippen molar-refractivity contribution < 1.29 is 27.9 Å². The molecule has 0 saturated carbocycles. The van der Waals surface area contributed by atoms with Gasteiger partial charge in [-0.3, -0.25) is 9.59 Å². The second-order valence-electron chi connectivity index (χ2n) is 10.3. The van der Waals surface area contributed by atoms with Crippen LogP contribution in [0.15, 0.2) is 16.9 Å². The summed E-state index contributed by atoms with van der Waals surface area (Å²) >= 11 is 1.38. The van der Waals surface area contributed by atoms with Gasteiger partial charge < -0.3 is 26.0 Å². The molecule has 5 heterocycles. The quantitative estimate of drug-likeness (QED) is 0.232.